The molecular formula is C12H23N3O5. The fourth-order valence-corrected chi connectivity index (χ4v) is 1.36. The van der Waals surface area contributed by atoms with Crippen molar-refractivity contribution in [1.29, 1.82) is 0 Å². The monoisotopic (exact) mass is 289 g/mol. The van der Waals surface area contributed by atoms with E-state index in [1.807, 2.05) is 0 Å². The fourth-order valence-electron chi connectivity index (χ4n) is 1.36. The average molecular weight is 289 g/mol. The van der Waals surface area contributed by atoms with E-state index >= 15 is 0 Å². The molecule has 3 amide bonds. The maximum absolute atomic E-state index is 11.8. The van der Waals surface area contributed by atoms with Crippen LogP contribution in [0.5, 0.6) is 0 Å². The van der Waals surface area contributed by atoms with Gasteiger partial charge < -0.3 is 25.0 Å². The summed E-state index contributed by atoms with van der Waals surface area (Å²) in [6, 6.07) is -1.58. The Balaban J connectivity index is 4.37. The average Bonchev–Trinajstić information content (AvgIpc) is 2.36. The number of carboxylic acid groups (broad SMARTS) is 1. The normalized spacial score (nSPS) is 11.6. The molecule has 0 saturated carbocycles. The van der Waals surface area contributed by atoms with Gasteiger partial charge in [-0.3, -0.25) is 4.79 Å². The van der Waals surface area contributed by atoms with E-state index in [0.29, 0.717) is 13.0 Å². The predicted molar refractivity (Wildman–Crippen MR) is 72.4 cm³/mol. The van der Waals surface area contributed by atoms with Crippen LogP contribution < -0.4 is 5.32 Å². The molecule has 0 bridgehead atoms. The largest absolute Gasteiger partial charge is 0.480 e. The number of nitrogens with zero attached hydrogens (tertiary/aromatic N) is 2. The van der Waals surface area contributed by atoms with Crippen molar-refractivity contribution in [2.75, 3.05) is 41.4 Å². The highest BCUT2D eigenvalue weighted by Gasteiger charge is 2.22. The Morgan fingerprint density at radius 2 is 1.85 bits per heavy atom. The van der Waals surface area contributed by atoms with Gasteiger partial charge >= 0.3 is 12.0 Å². The Hall–Kier alpha value is -1.83. The Morgan fingerprint density at radius 1 is 1.25 bits per heavy atom. The molecule has 0 spiro atoms. The first kappa shape index (κ1) is 18.2. The zero-order chi connectivity index (χ0) is 15.7. The fraction of sp³-hybridized carbons (Fsp3) is 0.750. The van der Waals surface area contributed by atoms with Crippen LogP contribution in [0.2, 0.25) is 0 Å². The van der Waals surface area contributed by atoms with Crippen LogP contribution in [0.15, 0.2) is 0 Å². The van der Waals surface area contributed by atoms with Crippen molar-refractivity contribution in [3.63, 3.8) is 0 Å². The van der Waals surface area contributed by atoms with Gasteiger partial charge in [0.1, 0.15) is 12.6 Å². The Bertz CT molecular complexity index is 346. The van der Waals surface area contributed by atoms with E-state index in [1.54, 1.807) is 14.1 Å². The first-order valence-electron chi connectivity index (χ1n) is 6.23. The molecule has 2 N–H and O–H groups in total. The van der Waals surface area contributed by atoms with Crippen LogP contribution >= 0.6 is 0 Å². The molecule has 0 heterocycles. The number of methoxy groups -OCH3 is 1. The van der Waals surface area contributed by atoms with Crippen molar-refractivity contribution in [2.24, 2.45) is 0 Å². The molecule has 0 aliphatic rings. The van der Waals surface area contributed by atoms with Gasteiger partial charge in [0, 0.05) is 34.9 Å². The van der Waals surface area contributed by atoms with Crippen LogP contribution in [0.4, 0.5) is 4.79 Å². The van der Waals surface area contributed by atoms with Gasteiger partial charge in [-0.05, 0) is 12.8 Å². The number of likely N-dealkylation sites (N-methyl/N-ethyl adjacent to an activating group) is 2. The number of rotatable bonds is 8. The van der Waals surface area contributed by atoms with Gasteiger partial charge in [0.05, 0.1) is 0 Å². The van der Waals surface area contributed by atoms with E-state index in [1.165, 1.54) is 19.1 Å². The third-order valence-electron chi connectivity index (χ3n) is 2.65. The van der Waals surface area contributed by atoms with Crippen molar-refractivity contribution in [2.45, 2.75) is 18.9 Å². The second-order valence-electron chi connectivity index (χ2n) is 4.62. The second kappa shape index (κ2) is 9.13. The summed E-state index contributed by atoms with van der Waals surface area (Å²) >= 11 is 0. The molecule has 0 aliphatic carbocycles. The highest BCUT2D eigenvalue weighted by molar-refractivity contribution is 5.86. The molecule has 0 fully saturated rings. The highest BCUT2D eigenvalue weighted by atomic mass is 16.5. The number of ether oxygens (including phenoxy) is 1. The second-order valence-corrected chi connectivity index (χ2v) is 4.62. The van der Waals surface area contributed by atoms with E-state index < -0.39 is 18.0 Å². The Morgan fingerprint density at radius 3 is 2.30 bits per heavy atom. The number of hydrogen-bond donors (Lipinski definition) is 2. The number of aliphatic carboxylic acids is 1. The first-order chi connectivity index (χ1) is 9.29. The molecule has 0 rings (SSSR count). The van der Waals surface area contributed by atoms with E-state index in [4.69, 9.17) is 9.84 Å². The van der Waals surface area contributed by atoms with Crippen LogP contribution in [-0.4, -0.2) is 80.3 Å². The van der Waals surface area contributed by atoms with Crippen LogP contribution in [-0.2, 0) is 14.3 Å². The van der Waals surface area contributed by atoms with Gasteiger partial charge in [0.25, 0.3) is 0 Å². The lowest BCUT2D eigenvalue weighted by Crippen LogP contribution is -2.49. The summed E-state index contributed by atoms with van der Waals surface area (Å²) in [7, 11) is 6.12. The van der Waals surface area contributed by atoms with Crippen LogP contribution in [0.1, 0.15) is 12.8 Å². The molecule has 0 radical (unpaired) electrons. The van der Waals surface area contributed by atoms with Crippen molar-refractivity contribution in [3.05, 3.63) is 0 Å². The van der Waals surface area contributed by atoms with E-state index in [9.17, 15) is 14.4 Å². The summed E-state index contributed by atoms with van der Waals surface area (Å²) in [4.78, 5) is 36.8. The summed E-state index contributed by atoms with van der Waals surface area (Å²) in [5.74, 6) is -1.35. The third kappa shape index (κ3) is 6.93. The highest BCUT2D eigenvalue weighted by Crippen LogP contribution is 2.00. The SMILES string of the molecule is COCCCC(NC(=O)N(C)CC(=O)N(C)C)C(=O)O. The van der Waals surface area contributed by atoms with Crippen LogP contribution in [0.25, 0.3) is 0 Å². The summed E-state index contributed by atoms with van der Waals surface area (Å²) < 4.78 is 4.84. The summed E-state index contributed by atoms with van der Waals surface area (Å²) in [5.41, 5.74) is 0. The molecule has 8 nitrogen and oxygen atoms in total. The molecule has 0 saturated heterocycles. The van der Waals surface area contributed by atoms with Gasteiger partial charge in [-0.15, -0.1) is 0 Å². The lowest BCUT2D eigenvalue weighted by Gasteiger charge is -2.22. The van der Waals surface area contributed by atoms with Crippen molar-refractivity contribution in [3.8, 4) is 0 Å². The lowest BCUT2D eigenvalue weighted by molar-refractivity contribution is -0.139. The standard InChI is InChI=1S/C12H23N3O5/c1-14(2)10(16)8-15(3)12(19)13-9(11(17)18)6-5-7-20-4/h9H,5-8H2,1-4H3,(H,13,19)(H,17,18). The molecule has 0 aromatic carbocycles. The number of amides is 3. The van der Waals surface area contributed by atoms with E-state index in [-0.39, 0.29) is 18.9 Å². The van der Waals surface area contributed by atoms with Gasteiger partial charge in [0.15, 0.2) is 0 Å². The molecule has 0 aromatic heterocycles. The molecule has 1 unspecified atom stereocenters. The van der Waals surface area contributed by atoms with Gasteiger partial charge in [-0.1, -0.05) is 0 Å². The number of carboxylic acids is 1. The van der Waals surface area contributed by atoms with Gasteiger partial charge in [0.2, 0.25) is 5.91 Å². The molecular weight excluding hydrogens is 266 g/mol. The van der Waals surface area contributed by atoms with Crippen molar-refractivity contribution < 1.29 is 24.2 Å². The zero-order valence-electron chi connectivity index (χ0n) is 12.4. The number of hydrogen-bond acceptors (Lipinski definition) is 4. The molecule has 8 heteroatoms. The van der Waals surface area contributed by atoms with Gasteiger partial charge in [-0.2, -0.15) is 0 Å². The van der Waals surface area contributed by atoms with Crippen molar-refractivity contribution in [1.82, 2.24) is 15.1 Å². The minimum absolute atomic E-state index is 0.108. The van der Waals surface area contributed by atoms with Crippen LogP contribution in [0.3, 0.4) is 0 Å². The molecule has 1 atom stereocenters. The smallest absolute Gasteiger partial charge is 0.326 e. The summed E-state index contributed by atoms with van der Waals surface area (Å²) in [6.45, 7) is 0.317. The topological polar surface area (TPSA) is 99.2 Å². The Kier molecular flexibility index (Phi) is 8.30. The maximum atomic E-state index is 11.8. The minimum Gasteiger partial charge on any atom is -0.480 e. The molecule has 20 heavy (non-hydrogen) atoms. The molecule has 116 valence electrons. The van der Waals surface area contributed by atoms with E-state index in [0.717, 1.165) is 4.90 Å². The lowest BCUT2D eigenvalue weighted by atomic mass is 10.1. The van der Waals surface area contributed by atoms with Crippen molar-refractivity contribution >= 4 is 17.9 Å². The first-order valence-corrected chi connectivity index (χ1v) is 6.23. The summed E-state index contributed by atoms with van der Waals surface area (Å²) in [6.07, 6.45) is 0.790. The predicted octanol–water partition coefficient (Wildman–Crippen LogP) is -0.404. The van der Waals surface area contributed by atoms with Gasteiger partial charge in [-0.25, -0.2) is 9.59 Å². The Labute approximate surface area is 118 Å². The number of carbonyl (C=O) groups is 3. The van der Waals surface area contributed by atoms with E-state index in [2.05, 4.69) is 5.32 Å². The molecule has 0 aromatic rings. The summed E-state index contributed by atoms with van der Waals surface area (Å²) in [5, 5.41) is 11.4. The zero-order valence-corrected chi connectivity index (χ0v) is 12.4. The molecule has 0 aliphatic heterocycles. The number of carbonyl (C=O) groups excluding carboxylic acids is 2. The maximum Gasteiger partial charge on any atom is 0.326 e. The third-order valence-corrected chi connectivity index (χ3v) is 2.65. The minimum atomic E-state index is -1.11. The quantitative estimate of drug-likeness (QED) is 0.592. The van der Waals surface area contributed by atoms with Crippen LogP contribution in [0, 0.1) is 0 Å². The number of nitrogens with one attached hydrogen (secondary N) is 1. The number of urea groups is 1.